The third-order valence-electron chi connectivity index (χ3n) is 2.65. The number of aliphatic imine (C=N–C) groups is 1. The summed E-state index contributed by atoms with van der Waals surface area (Å²) in [7, 11) is 0. The minimum absolute atomic E-state index is 0.0746. The van der Waals surface area contributed by atoms with Gasteiger partial charge < -0.3 is 13.9 Å². The number of hydrogen-bond acceptors (Lipinski definition) is 6. The van der Waals surface area contributed by atoms with E-state index in [9.17, 15) is 9.59 Å². The average molecular weight is 245 g/mol. The second kappa shape index (κ2) is 4.01. The van der Waals surface area contributed by atoms with Crippen LogP contribution in [0.2, 0.25) is 0 Å². The van der Waals surface area contributed by atoms with E-state index in [0.29, 0.717) is 28.0 Å². The van der Waals surface area contributed by atoms with E-state index in [1.807, 2.05) is 0 Å². The molecule has 0 fully saturated rings. The summed E-state index contributed by atoms with van der Waals surface area (Å²) in [5, 5.41) is 0.665. The molecule has 6 nitrogen and oxygen atoms in total. The molecule has 0 radical (unpaired) electrons. The van der Waals surface area contributed by atoms with Crippen LogP contribution in [0.4, 0.5) is 0 Å². The maximum atomic E-state index is 11.5. The Morgan fingerprint density at radius 2 is 2.22 bits per heavy atom. The van der Waals surface area contributed by atoms with Gasteiger partial charge in [0.25, 0.3) is 0 Å². The lowest BCUT2D eigenvalue weighted by Crippen LogP contribution is -2.00. The van der Waals surface area contributed by atoms with Gasteiger partial charge in [0, 0.05) is 11.5 Å². The monoisotopic (exact) mass is 245 g/mol. The highest BCUT2D eigenvalue weighted by Crippen LogP contribution is 2.39. The molecule has 1 aromatic heterocycles. The van der Waals surface area contributed by atoms with Crippen LogP contribution in [0.1, 0.15) is 5.56 Å². The summed E-state index contributed by atoms with van der Waals surface area (Å²) in [4.78, 5) is 25.1. The fourth-order valence-electron chi connectivity index (χ4n) is 1.90. The number of rotatable bonds is 2. The van der Waals surface area contributed by atoms with Gasteiger partial charge in [0.2, 0.25) is 18.6 Å². The molecule has 2 aromatic rings. The van der Waals surface area contributed by atoms with Crippen LogP contribution in [0.5, 0.6) is 11.5 Å². The molecule has 6 heteroatoms. The summed E-state index contributed by atoms with van der Waals surface area (Å²) in [6.45, 7) is 0.167. The molecule has 1 aliphatic rings. The minimum atomic E-state index is -0.525. The van der Waals surface area contributed by atoms with E-state index in [2.05, 4.69) is 4.99 Å². The largest absolute Gasteiger partial charge is 0.453 e. The Labute approximate surface area is 100 Å². The molecule has 0 spiro atoms. The molecule has 90 valence electrons. The van der Waals surface area contributed by atoms with Crippen molar-refractivity contribution in [2.45, 2.75) is 6.54 Å². The number of nitrogens with zero attached hydrogens (tertiary/aromatic N) is 1. The molecular formula is C12H7NO5. The second-order valence-electron chi connectivity index (χ2n) is 3.67. The summed E-state index contributed by atoms with van der Waals surface area (Å²) in [6.07, 6.45) is 1.44. The predicted octanol–water partition coefficient (Wildman–Crippen LogP) is 1.36. The van der Waals surface area contributed by atoms with Crippen LogP contribution >= 0.6 is 0 Å². The topological polar surface area (TPSA) is 78.1 Å². The van der Waals surface area contributed by atoms with Crippen LogP contribution in [0.3, 0.4) is 0 Å². The minimum Gasteiger partial charge on any atom is -0.453 e. The van der Waals surface area contributed by atoms with Crippen LogP contribution in [-0.2, 0) is 11.3 Å². The van der Waals surface area contributed by atoms with Crippen molar-refractivity contribution < 1.29 is 18.7 Å². The molecule has 2 heterocycles. The Kier molecular flexibility index (Phi) is 2.35. The zero-order chi connectivity index (χ0) is 12.5. The Morgan fingerprint density at radius 3 is 3.06 bits per heavy atom. The van der Waals surface area contributed by atoms with Crippen molar-refractivity contribution in [2.75, 3.05) is 6.79 Å². The normalized spacial score (nSPS) is 12.4. The SMILES string of the molecule is O=C=NCc1cc(=O)oc2c3c(ccc12)OCO3. The molecule has 0 unspecified atom stereocenters. The van der Waals surface area contributed by atoms with Crippen molar-refractivity contribution >= 4 is 17.0 Å². The molecule has 0 atom stereocenters. The maximum absolute atomic E-state index is 11.5. The van der Waals surface area contributed by atoms with Crippen LogP contribution in [0.25, 0.3) is 11.0 Å². The number of fused-ring (bicyclic) bond motifs is 3. The molecule has 0 aliphatic carbocycles. The van der Waals surface area contributed by atoms with Crippen molar-refractivity contribution in [3.8, 4) is 11.5 Å². The first kappa shape index (κ1) is 10.6. The summed E-state index contributed by atoms with van der Waals surface area (Å²) >= 11 is 0. The smallest absolute Gasteiger partial charge is 0.336 e. The van der Waals surface area contributed by atoms with Crippen LogP contribution < -0.4 is 15.1 Å². The second-order valence-corrected chi connectivity index (χ2v) is 3.67. The maximum Gasteiger partial charge on any atom is 0.336 e. The van der Waals surface area contributed by atoms with Gasteiger partial charge in [-0.15, -0.1) is 0 Å². The first-order valence-electron chi connectivity index (χ1n) is 5.18. The molecule has 3 rings (SSSR count). The van der Waals surface area contributed by atoms with Gasteiger partial charge in [0.1, 0.15) is 0 Å². The van der Waals surface area contributed by atoms with Crippen LogP contribution in [-0.4, -0.2) is 12.9 Å². The lowest BCUT2D eigenvalue weighted by Gasteiger charge is -2.04. The third kappa shape index (κ3) is 1.56. The van der Waals surface area contributed by atoms with E-state index in [1.165, 1.54) is 12.1 Å². The van der Waals surface area contributed by atoms with E-state index >= 15 is 0 Å². The number of hydrogen-bond donors (Lipinski definition) is 0. The summed E-state index contributed by atoms with van der Waals surface area (Å²) in [6, 6.07) is 4.76. The molecule has 0 amide bonds. The van der Waals surface area contributed by atoms with Gasteiger partial charge in [-0.1, -0.05) is 0 Å². The summed E-state index contributed by atoms with van der Waals surface area (Å²) < 4.78 is 15.6. The van der Waals surface area contributed by atoms with Crippen molar-refractivity contribution in [1.82, 2.24) is 0 Å². The van der Waals surface area contributed by atoms with Gasteiger partial charge in [0.15, 0.2) is 11.3 Å². The molecule has 0 saturated carbocycles. The Morgan fingerprint density at radius 1 is 1.33 bits per heavy atom. The molecule has 1 aliphatic heterocycles. The van der Waals surface area contributed by atoms with Gasteiger partial charge in [-0.25, -0.2) is 14.6 Å². The predicted molar refractivity (Wildman–Crippen MR) is 60.4 cm³/mol. The number of benzene rings is 1. The van der Waals surface area contributed by atoms with Gasteiger partial charge in [-0.3, -0.25) is 0 Å². The first-order valence-corrected chi connectivity index (χ1v) is 5.18. The van der Waals surface area contributed by atoms with Crippen LogP contribution in [0.15, 0.2) is 32.4 Å². The van der Waals surface area contributed by atoms with Gasteiger partial charge in [-0.05, 0) is 17.7 Å². The van der Waals surface area contributed by atoms with E-state index < -0.39 is 5.63 Å². The highest BCUT2D eigenvalue weighted by atomic mass is 16.7. The molecule has 1 aromatic carbocycles. The fourth-order valence-corrected chi connectivity index (χ4v) is 1.90. The first-order chi connectivity index (χ1) is 8.79. The quantitative estimate of drug-likeness (QED) is 0.453. The summed E-state index contributed by atoms with van der Waals surface area (Å²) in [5.74, 6) is 0.934. The Balaban J connectivity index is 2.31. The Hall–Kier alpha value is -2.59. The highest BCUT2D eigenvalue weighted by Gasteiger charge is 2.20. The van der Waals surface area contributed by atoms with Crippen molar-refractivity contribution in [3.05, 3.63) is 34.2 Å². The molecule has 18 heavy (non-hydrogen) atoms. The van der Waals surface area contributed by atoms with Crippen molar-refractivity contribution in [3.63, 3.8) is 0 Å². The average Bonchev–Trinajstić information content (AvgIpc) is 2.84. The molecular weight excluding hydrogens is 238 g/mol. The highest BCUT2D eigenvalue weighted by molar-refractivity contribution is 5.88. The lowest BCUT2D eigenvalue weighted by atomic mass is 10.1. The number of carbonyl (C=O) groups excluding carboxylic acids is 1. The molecule has 0 N–H and O–H groups in total. The number of ether oxygens (including phenoxy) is 2. The summed E-state index contributed by atoms with van der Waals surface area (Å²) in [5.41, 5.74) is 0.374. The van der Waals surface area contributed by atoms with Crippen molar-refractivity contribution in [2.24, 2.45) is 4.99 Å². The zero-order valence-electron chi connectivity index (χ0n) is 9.13. The van der Waals surface area contributed by atoms with Crippen LogP contribution in [0, 0.1) is 0 Å². The van der Waals surface area contributed by atoms with E-state index in [0.717, 1.165) is 0 Å². The lowest BCUT2D eigenvalue weighted by molar-refractivity contribution is 0.174. The molecule has 0 saturated heterocycles. The van der Waals surface area contributed by atoms with Gasteiger partial charge >= 0.3 is 5.63 Å². The van der Waals surface area contributed by atoms with Crippen molar-refractivity contribution in [1.29, 1.82) is 0 Å². The number of isocyanates is 1. The third-order valence-corrected chi connectivity index (χ3v) is 2.65. The molecule has 0 bridgehead atoms. The van der Waals surface area contributed by atoms with E-state index in [4.69, 9.17) is 13.9 Å². The van der Waals surface area contributed by atoms with E-state index in [1.54, 1.807) is 12.1 Å². The standard InChI is InChI=1S/C12H7NO5/c14-5-13-4-7-3-10(15)18-11-8(7)1-2-9-12(11)17-6-16-9/h1-3H,4,6H2. The van der Waals surface area contributed by atoms with E-state index in [-0.39, 0.29) is 13.3 Å². The zero-order valence-corrected chi connectivity index (χ0v) is 9.13. The van der Waals surface area contributed by atoms with Gasteiger partial charge in [-0.2, -0.15) is 0 Å². The van der Waals surface area contributed by atoms with Gasteiger partial charge in [0.05, 0.1) is 6.54 Å². The fraction of sp³-hybridized carbons (Fsp3) is 0.167. The Bertz CT molecular complexity index is 727.